The number of aldehydes is 1. The van der Waals surface area contributed by atoms with Crippen LogP contribution in [0.2, 0.25) is 0 Å². The Kier molecular flexibility index (Phi) is 4.65. The molecule has 0 amide bonds. The number of carbonyl (C=O) groups excluding carboxylic acids is 1. The first-order valence-corrected chi connectivity index (χ1v) is 8.89. The van der Waals surface area contributed by atoms with E-state index in [2.05, 4.69) is 30.3 Å². The van der Waals surface area contributed by atoms with Gasteiger partial charge in [0, 0.05) is 5.56 Å². The summed E-state index contributed by atoms with van der Waals surface area (Å²) in [5.41, 5.74) is 6.82. The molecule has 0 heterocycles. The Bertz CT molecular complexity index is 938. The summed E-state index contributed by atoms with van der Waals surface area (Å²) in [6, 6.07) is 24.3. The van der Waals surface area contributed by atoms with Gasteiger partial charge in [0.15, 0.2) is 0 Å². The minimum atomic E-state index is 0.579. The molecule has 0 aliphatic heterocycles. The fourth-order valence-corrected chi connectivity index (χ4v) is 3.37. The largest absolute Gasteiger partial charge is 0.489 e. The van der Waals surface area contributed by atoms with Gasteiger partial charge in [0.2, 0.25) is 0 Å². The lowest BCUT2D eigenvalue weighted by Crippen LogP contribution is -2.03. The lowest BCUT2D eigenvalue weighted by molar-refractivity contribution is 0.112. The van der Waals surface area contributed by atoms with Crippen molar-refractivity contribution in [2.45, 2.75) is 19.4 Å². The van der Waals surface area contributed by atoms with Gasteiger partial charge in [-0.2, -0.15) is 0 Å². The van der Waals surface area contributed by atoms with Gasteiger partial charge < -0.3 is 4.74 Å². The standard InChI is InChI=1S/C24H20O2/c25-16-18-9-11-20(12-10-18)23-8-4-7-21-15-22(13-14-24(21)23)26-17-19-5-2-1-3-6-19/h1-3,5-6,8-16H,4,7,17H2. The average molecular weight is 340 g/mol. The number of hydrogen-bond acceptors (Lipinski definition) is 2. The van der Waals surface area contributed by atoms with Crippen molar-refractivity contribution >= 4 is 11.9 Å². The van der Waals surface area contributed by atoms with Crippen molar-refractivity contribution in [2.75, 3.05) is 0 Å². The van der Waals surface area contributed by atoms with Gasteiger partial charge in [-0.1, -0.05) is 66.7 Å². The molecule has 26 heavy (non-hydrogen) atoms. The third kappa shape index (κ3) is 3.45. The summed E-state index contributed by atoms with van der Waals surface area (Å²) in [6.45, 7) is 0.579. The Morgan fingerprint density at radius 2 is 1.73 bits per heavy atom. The summed E-state index contributed by atoms with van der Waals surface area (Å²) in [6.07, 6.45) is 5.19. The summed E-state index contributed by atoms with van der Waals surface area (Å²) in [5.74, 6) is 0.908. The van der Waals surface area contributed by atoms with Crippen molar-refractivity contribution in [3.63, 3.8) is 0 Å². The van der Waals surface area contributed by atoms with Gasteiger partial charge >= 0.3 is 0 Å². The molecule has 2 nitrogen and oxygen atoms in total. The molecule has 4 rings (SSSR count). The number of rotatable bonds is 5. The van der Waals surface area contributed by atoms with E-state index in [-0.39, 0.29) is 0 Å². The smallest absolute Gasteiger partial charge is 0.150 e. The second-order valence-corrected chi connectivity index (χ2v) is 6.49. The average Bonchev–Trinajstić information content (AvgIpc) is 2.72. The molecule has 0 atom stereocenters. The van der Waals surface area contributed by atoms with Gasteiger partial charge in [-0.15, -0.1) is 0 Å². The second kappa shape index (κ2) is 7.40. The molecular formula is C24H20O2. The van der Waals surface area contributed by atoms with E-state index in [1.807, 2.05) is 48.5 Å². The number of hydrogen-bond donors (Lipinski definition) is 0. The van der Waals surface area contributed by atoms with E-state index in [0.717, 1.165) is 30.4 Å². The van der Waals surface area contributed by atoms with Crippen LogP contribution >= 0.6 is 0 Å². The van der Waals surface area contributed by atoms with Crippen LogP contribution in [-0.4, -0.2) is 6.29 Å². The van der Waals surface area contributed by atoms with Crippen LogP contribution in [0.15, 0.2) is 78.9 Å². The number of fused-ring (bicyclic) bond motifs is 1. The molecule has 0 saturated carbocycles. The molecule has 0 unspecified atom stereocenters. The molecule has 1 aliphatic carbocycles. The molecule has 3 aromatic carbocycles. The maximum atomic E-state index is 10.9. The van der Waals surface area contributed by atoms with Crippen LogP contribution in [0.5, 0.6) is 5.75 Å². The summed E-state index contributed by atoms with van der Waals surface area (Å²) in [7, 11) is 0. The molecule has 128 valence electrons. The third-order valence-electron chi connectivity index (χ3n) is 4.74. The zero-order valence-electron chi connectivity index (χ0n) is 14.5. The van der Waals surface area contributed by atoms with Crippen LogP contribution in [0.4, 0.5) is 0 Å². The van der Waals surface area contributed by atoms with Crippen molar-refractivity contribution < 1.29 is 9.53 Å². The summed E-state index contributed by atoms with van der Waals surface area (Å²) in [4.78, 5) is 10.9. The summed E-state index contributed by atoms with van der Waals surface area (Å²) < 4.78 is 5.97. The molecular weight excluding hydrogens is 320 g/mol. The maximum absolute atomic E-state index is 10.9. The minimum Gasteiger partial charge on any atom is -0.489 e. The van der Waals surface area contributed by atoms with Gasteiger partial charge in [-0.05, 0) is 52.8 Å². The first kappa shape index (κ1) is 16.3. The molecule has 0 N–H and O–H groups in total. The highest BCUT2D eigenvalue weighted by molar-refractivity contribution is 5.84. The number of benzene rings is 3. The molecule has 0 aromatic heterocycles. The van der Waals surface area contributed by atoms with Crippen LogP contribution in [-0.2, 0) is 13.0 Å². The Morgan fingerprint density at radius 3 is 2.50 bits per heavy atom. The van der Waals surface area contributed by atoms with Gasteiger partial charge in [0.25, 0.3) is 0 Å². The van der Waals surface area contributed by atoms with Gasteiger partial charge in [0.1, 0.15) is 18.6 Å². The predicted octanol–water partition coefficient (Wildman–Crippen LogP) is 5.46. The Balaban J connectivity index is 1.56. The summed E-state index contributed by atoms with van der Waals surface area (Å²) in [5, 5.41) is 0. The Labute approximate surface area is 153 Å². The van der Waals surface area contributed by atoms with Gasteiger partial charge in [-0.3, -0.25) is 4.79 Å². The molecule has 0 bridgehead atoms. The quantitative estimate of drug-likeness (QED) is 0.577. The summed E-state index contributed by atoms with van der Waals surface area (Å²) >= 11 is 0. The zero-order valence-corrected chi connectivity index (χ0v) is 14.5. The molecule has 0 spiro atoms. The molecule has 3 aromatic rings. The van der Waals surface area contributed by atoms with Crippen molar-refractivity contribution in [3.8, 4) is 5.75 Å². The second-order valence-electron chi connectivity index (χ2n) is 6.49. The molecule has 0 radical (unpaired) electrons. The van der Waals surface area contributed by atoms with E-state index in [9.17, 15) is 4.79 Å². The lowest BCUT2D eigenvalue weighted by atomic mass is 9.86. The number of aryl methyl sites for hydroxylation is 1. The fraction of sp³-hybridized carbons (Fsp3) is 0.125. The van der Waals surface area contributed by atoms with E-state index in [1.54, 1.807) is 0 Å². The van der Waals surface area contributed by atoms with E-state index in [4.69, 9.17) is 4.74 Å². The SMILES string of the molecule is O=Cc1ccc(C2=CCCc3cc(OCc4ccccc4)ccc32)cc1. The van der Waals surface area contributed by atoms with Gasteiger partial charge in [-0.25, -0.2) is 0 Å². The molecule has 1 aliphatic rings. The highest BCUT2D eigenvalue weighted by atomic mass is 16.5. The normalized spacial score (nSPS) is 12.8. The highest BCUT2D eigenvalue weighted by Gasteiger charge is 2.15. The number of carbonyl (C=O) groups is 1. The van der Waals surface area contributed by atoms with E-state index in [0.29, 0.717) is 12.2 Å². The first-order chi connectivity index (χ1) is 12.8. The van der Waals surface area contributed by atoms with E-state index >= 15 is 0 Å². The number of ether oxygens (including phenoxy) is 1. The van der Waals surface area contributed by atoms with Crippen LogP contribution in [0, 0.1) is 0 Å². The Morgan fingerprint density at radius 1 is 0.923 bits per heavy atom. The van der Waals surface area contributed by atoms with Crippen LogP contribution in [0.1, 0.15) is 39.0 Å². The molecule has 2 heteroatoms. The molecule has 0 fully saturated rings. The predicted molar refractivity (Wildman–Crippen MR) is 104 cm³/mol. The minimum absolute atomic E-state index is 0.579. The van der Waals surface area contributed by atoms with Gasteiger partial charge in [0.05, 0.1) is 0 Å². The maximum Gasteiger partial charge on any atom is 0.150 e. The van der Waals surface area contributed by atoms with E-state index in [1.165, 1.54) is 22.3 Å². The first-order valence-electron chi connectivity index (χ1n) is 8.89. The lowest BCUT2D eigenvalue weighted by Gasteiger charge is -2.19. The number of allylic oxidation sites excluding steroid dienone is 1. The third-order valence-corrected chi connectivity index (χ3v) is 4.74. The monoisotopic (exact) mass is 340 g/mol. The topological polar surface area (TPSA) is 26.3 Å². The van der Waals surface area contributed by atoms with E-state index < -0.39 is 0 Å². The van der Waals surface area contributed by atoms with Crippen LogP contribution in [0.3, 0.4) is 0 Å². The van der Waals surface area contributed by atoms with Crippen molar-refractivity contribution in [2.24, 2.45) is 0 Å². The van der Waals surface area contributed by atoms with Crippen molar-refractivity contribution in [3.05, 3.63) is 107 Å². The Hall–Kier alpha value is -3.13. The van der Waals surface area contributed by atoms with Crippen molar-refractivity contribution in [1.29, 1.82) is 0 Å². The molecule has 0 saturated heterocycles. The van der Waals surface area contributed by atoms with Crippen LogP contribution < -0.4 is 4.74 Å². The zero-order chi connectivity index (χ0) is 17.8. The highest BCUT2D eigenvalue weighted by Crippen LogP contribution is 2.34. The van der Waals surface area contributed by atoms with Crippen molar-refractivity contribution in [1.82, 2.24) is 0 Å². The fourth-order valence-electron chi connectivity index (χ4n) is 3.37. The van der Waals surface area contributed by atoms with Crippen LogP contribution in [0.25, 0.3) is 5.57 Å².